The molecule has 0 heterocycles. The average molecular weight is 233 g/mol. The van der Waals surface area contributed by atoms with Crippen LogP contribution < -0.4 is 0 Å². The molecule has 0 saturated carbocycles. The molecule has 0 aromatic rings. The third kappa shape index (κ3) is 253. The van der Waals surface area contributed by atoms with E-state index in [0.29, 0.717) is 0 Å². The van der Waals surface area contributed by atoms with Gasteiger partial charge in [0.05, 0.1) is 5.09 Å². The fourth-order valence-corrected chi connectivity index (χ4v) is 0. The maximum absolute atomic E-state index is 8.25. The van der Waals surface area contributed by atoms with E-state index in [2.05, 4.69) is 0 Å². The van der Waals surface area contributed by atoms with Crippen molar-refractivity contribution in [1.82, 2.24) is 0 Å². The van der Waals surface area contributed by atoms with Crippen LogP contribution in [-0.4, -0.2) is 5.09 Å². The van der Waals surface area contributed by atoms with Crippen molar-refractivity contribution in [3.8, 4) is 0 Å². The molecule has 6 heteroatoms. The molecular weight excluding hydrogens is 233 g/mol. The molecule has 0 spiro atoms. The zero-order chi connectivity index (χ0) is 3.58. The third-order valence-corrected chi connectivity index (χ3v) is 0. The number of nitrogens with zero attached hydrogens (tertiary/aromatic N) is 1. The van der Waals surface area contributed by atoms with Crippen molar-refractivity contribution in [3.63, 3.8) is 0 Å². The Morgan fingerprint density at radius 1 is 1.33 bits per heavy atom. The van der Waals surface area contributed by atoms with Gasteiger partial charge in [0.15, 0.2) is 0 Å². The number of hydrogen-bond acceptors (Lipinski definition) is 3. The Kier molecular flexibility index (Phi) is 24.3. The van der Waals surface area contributed by atoms with Crippen LogP contribution in [0.25, 0.3) is 0 Å². The van der Waals surface area contributed by atoms with E-state index in [4.69, 9.17) is 15.3 Å². The van der Waals surface area contributed by atoms with E-state index in [-0.39, 0.29) is 39.4 Å². The molecule has 0 amide bonds. The van der Waals surface area contributed by atoms with Crippen molar-refractivity contribution in [2.24, 2.45) is 0 Å². The van der Waals surface area contributed by atoms with Gasteiger partial charge in [-0.25, -0.2) is 0 Å². The molecular formula is AgCuNO3. The van der Waals surface area contributed by atoms with Gasteiger partial charge in [0.1, 0.15) is 0 Å². The summed E-state index contributed by atoms with van der Waals surface area (Å²) in [6, 6.07) is 0. The van der Waals surface area contributed by atoms with E-state index >= 15 is 0 Å². The summed E-state index contributed by atoms with van der Waals surface area (Å²) < 4.78 is 0. The normalized spacial score (nSPS) is 4.00. The van der Waals surface area contributed by atoms with E-state index in [0.717, 1.165) is 0 Å². The largest absolute Gasteiger partial charge is 1.00 e. The Labute approximate surface area is 60.0 Å². The molecule has 0 atom stereocenters. The van der Waals surface area contributed by atoms with Crippen LogP contribution in [0, 0.1) is 15.3 Å². The zero-order valence-corrected chi connectivity index (χ0v) is 4.70. The summed E-state index contributed by atoms with van der Waals surface area (Å²) >= 11 is 0. The van der Waals surface area contributed by atoms with Crippen LogP contribution in [0.3, 0.4) is 0 Å². The molecule has 0 bridgehead atoms. The second-order valence-corrected chi connectivity index (χ2v) is 0.224. The molecule has 0 aliphatic carbocycles. The van der Waals surface area contributed by atoms with Gasteiger partial charge in [0.25, 0.3) is 0 Å². The standard InChI is InChI=1S/Ag.Cu.NO3/c;;2-1(3)4/q;+1;-1. The topological polar surface area (TPSA) is 66.2 Å². The first kappa shape index (κ1) is 16.1. The van der Waals surface area contributed by atoms with Crippen LogP contribution in [0.2, 0.25) is 0 Å². The van der Waals surface area contributed by atoms with Gasteiger partial charge in [-0.3, -0.25) is 0 Å². The van der Waals surface area contributed by atoms with Gasteiger partial charge in [-0.1, -0.05) is 0 Å². The minimum Gasteiger partial charge on any atom is -0.356 e. The summed E-state index contributed by atoms with van der Waals surface area (Å²) in [6.07, 6.45) is 0. The molecule has 0 aromatic carbocycles. The first-order chi connectivity index (χ1) is 1.73. The van der Waals surface area contributed by atoms with E-state index in [1.54, 1.807) is 0 Å². The fourth-order valence-electron chi connectivity index (χ4n) is 0. The van der Waals surface area contributed by atoms with Crippen molar-refractivity contribution >= 4 is 0 Å². The minimum atomic E-state index is -1.75. The van der Waals surface area contributed by atoms with Gasteiger partial charge < -0.3 is 15.3 Å². The smallest absolute Gasteiger partial charge is 0.356 e. The minimum absolute atomic E-state index is 0. The van der Waals surface area contributed by atoms with Crippen molar-refractivity contribution in [2.75, 3.05) is 0 Å². The van der Waals surface area contributed by atoms with Crippen LogP contribution in [0.15, 0.2) is 0 Å². The molecule has 0 fully saturated rings. The van der Waals surface area contributed by atoms with Crippen LogP contribution in [0.4, 0.5) is 0 Å². The first-order valence-electron chi connectivity index (χ1n) is 0.548. The van der Waals surface area contributed by atoms with Gasteiger partial charge in [-0.2, -0.15) is 0 Å². The Bertz CT molecular complexity index is 33.8. The molecule has 0 N–H and O–H groups in total. The molecule has 0 aliphatic rings. The number of hydrogen-bond donors (Lipinski definition) is 0. The van der Waals surface area contributed by atoms with Gasteiger partial charge in [0, 0.05) is 22.4 Å². The summed E-state index contributed by atoms with van der Waals surface area (Å²) in [7, 11) is 0. The molecule has 0 saturated heterocycles. The van der Waals surface area contributed by atoms with Crippen molar-refractivity contribution < 1.29 is 44.5 Å². The third-order valence-electron chi connectivity index (χ3n) is 0. The maximum atomic E-state index is 8.25. The Balaban J connectivity index is -0.0000000450. The summed E-state index contributed by atoms with van der Waals surface area (Å²) in [5, 5.41) is 14.8. The quantitative estimate of drug-likeness (QED) is 0.329. The zero-order valence-electron chi connectivity index (χ0n) is 2.27. The van der Waals surface area contributed by atoms with E-state index in [1.165, 1.54) is 0 Å². The van der Waals surface area contributed by atoms with E-state index in [1.807, 2.05) is 0 Å². The van der Waals surface area contributed by atoms with Crippen molar-refractivity contribution in [1.29, 1.82) is 0 Å². The van der Waals surface area contributed by atoms with Gasteiger partial charge >= 0.3 is 17.1 Å². The molecule has 0 rings (SSSR count). The second kappa shape index (κ2) is 9.07. The van der Waals surface area contributed by atoms with Crippen molar-refractivity contribution in [2.45, 2.75) is 0 Å². The Hall–Kier alpha value is 0.460. The number of rotatable bonds is 0. The van der Waals surface area contributed by atoms with Crippen LogP contribution in [-0.2, 0) is 39.4 Å². The first-order valence-corrected chi connectivity index (χ1v) is 0.548. The molecule has 0 aromatic heterocycles. The van der Waals surface area contributed by atoms with Gasteiger partial charge in [-0.15, -0.1) is 0 Å². The molecule has 0 unspecified atom stereocenters. The maximum Gasteiger partial charge on any atom is 1.00 e. The van der Waals surface area contributed by atoms with Crippen LogP contribution in [0.1, 0.15) is 0 Å². The summed E-state index contributed by atoms with van der Waals surface area (Å²) in [4.78, 5) is 8.25. The van der Waals surface area contributed by atoms with Crippen LogP contribution in [0.5, 0.6) is 0 Å². The average Bonchev–Trinajstić information content (AvgIpc) is 0.811. The summed E-state index contributed by atoms with van der Waals surface area (Å²) in [5.41, 5.74) is 0. The fraction of sp³-hybridized carbons (Fsp3) is 0. The molecule has 0 aliphatic heterocycles. The summed E-state index contributed by atoms with van der Waals surface area (Å²) in [6.45, 7) is 0. The molecule has 6 heavy (non-hydrogen) atoms. The van der Waals surface area contributed by atoms with E-state index < -0.39 is 5.09 Å². The Morgan fingerprint density at radius 2 is 1.33 bits per heavy atom. The second-order valence-electron chi connectivity index (χ2n) is 0.224. The predicted octanol–water partition coefficient (Wildman–Crippen LogP) is -0.244. The SMILES string of the molecule is O=[N+]([O-])[O-].[Ag].[Cu+]. The molecule has 4 nitrogen and oxygen atoms in total. The van der Waals surface area contributed by atoms with E-state index in [9.17, 15) is 0 Å². The summed E-state index contributed by atoms with van der Waals surface area (Å²) in [5.74, 6) is 0. The monoisotopic (exact) mass is 232 g/mol. The van der Waals surface area contributed by atoms with Gasteiger partial charge in [-0.05, 0) is 0 Å². The van der Waals surface area contributed by atoms with Crippen molar-refractivity contribution in [3.05, 3.63) is 15.3 Å². The van der Waals surface area contributed by atoms with Gasteiger partial charge in [0.2, 0.25) is 0 Å². The molecule has 1 radical (unpaired) electrons. The van der Waals surface area contributed by atoms with Crippen LogP contribution >= 0.6 is 0 Å². The predicted molar refractivity (Wildman–Crippen MR) is 10.4 cm³/mol. The Morgan fingerprint density at radius 3 is 1.33 bits per heavy atom. The molecule has 45 valence electrons.